The van der Waals surface area contributed by atoms with Crippen molar-refractivity contribution < 1.29 is 29.0 Å². The van der Waals surface area contributed by atoms with E-state index in [2.05, 4.69) is 20.9 Å². The van der Waals surface area contributed by atoms with E-state index in [1.54, 1.807) is 13.1 Å². The van der Waals surface area contributed by atoms with E-state index in [0.29, 0.717) is 25.1 Å². The van der Waals surface area contributed by atoms with Crippen molar-refractivity contribution in [2.45, 2.75) is 102 Å². The highest BCUT2D eigenvalue weighted by atomic mass is 16.6. The summed E-state index contributed by atoms with van der Waals surface area (Å²) in [5, 5.41) is 19.6. The molecule has 0 atom stereocenters. The predicted octanol–water partition coefficient (Wildman–Crippen LogP) is 7.31. The van der Waals surface area contributed by atoms with Crippen LogP contribution in [-0.2, 0) is 19.8 Å². The second-order valence-electron chi connectivity index (χ2n) is 15.0. The van der Waals surface area contributed by atoms with Crippen molar-refractivity contribution in [1.82, 2.24) is 15.6 Å². The van der Waals surface area contributed by atoms with Gasteiger partial charge in [-0.2, -0.15) is 0 Å². The molecule has 5 rings (SSSR count). The minimum atomic E-state index is -0.891. The van der Waals surface area contributed by atoms with Crippen molar-refractivity contribution in [2.24, 2.45) is 5.92 Å². The lowest BCUT2D eigenvalue weighted by Crippen LogP contribution is -2.62. The van der Waals surface area contributed by atoms with Gasteiger partial charge in [0, 0.05) is 36.6 Å². The van der Waals surface area contributed by atoms with Crippen molar-refractivity contribution in [3.63, 3.8) is 0 Å². The highest BCUT2D eigenvalue weighted by Crippen LogP contribution is 2.49. The Balaban J connectivity index is 1.32. The molecule has 3 aromatic rings. The van der Waals surface area contributed by atoms with Gasteiger partial charge in [-0.25, -0.2) is 14.6 Å². The second-order valence-corrected chi connectivity index (χ2v) is 15.0. The van der Waals surface area contributed by atoms with Crippen LogP contribution in [0, 0.1) is 5.92 Å². The fourth-order valence-electron chi connectivity index (χ4n) is 7.09. The van der Waals surface area contributed by atoms with Gasteiger partial charge >= 0.3 is 12.2 Å². The van der Waals surface area contributed by atoms with Gasteiger partial charge in [-0.3, -0.25) is 4.79 Å². The van der Waals surface area contributed by atoms with Crippen LogP contribution < -0.4 is 16.0 Å². The second kappa shape index (κ2) is 13.6. The largest absolute Gasteiger partial charge is 0.453 e. The molecule has 4 N–H and O–H groups in total. The number of alkyl carbamates (subject to hydrolysis) is 2. The molecule has 1 aromatic heterocycles. The zero-order valence-corrected chi connectivity index (χ0v) is 28.8. The van der Waals surface area contributed by atoms with Gasteiger partial charge in [0.15, 0.2) is 0 Å². The number of benzene rings is 2. The number of aromatic nitrogens is 1. The summed E-state index contributed by atoms with van der Waals surface area (Å²) in [5.41, 5.74) is 2.00. The van der Waals surface area contributed by atoms with Crippen LogP contribution in [0.25, 0.3) is 22.3 Å². The highest BCUT2D eigenvalue weighted by Gasteiger charge is 2.53. The fraction of sp³-hybridized carbons (Fsp3) is 0.474. The van der Waals surface area contributed by atoms with Crippen LogP contribution in [0.3, 0.4) is 0 Å². The maximum atomic E-state index is 13.1. The maximum absolute atomic E-state index is 13.1. The van der Waals surface area contributed by atoms with E-state index in [9.17, 15) is 19.5 Å². The van der Waals surface area contributed by atoms with E-state index < -0.39 is 28.9 Å². The Kier molecular flexibility index (Phi) is 9.87. The van der Waals surface area contributed by atoms with E-state index in [4.69, 9.17) is 9.47 Å². The first-order valence-electron chi connectivity index (χ1n) is 16.6. The number of amides is 3. The number of carbonyl (C=O) groups is 3. The van der Waals surface area contributed by atoms with Crippen LogP contribution in [-0.4, -0.2) is 52.0 Å². The van der Waals surface area contributed by atoms with Gasteiger partial charge in [0.05, 0.1) is 18.2 Å². The number of nitrogens with one attached hydrogen (secondary N) is 3. The summed E-state index contributed by atoms with van der Waals surface area (Å²) < 4.78 is 10.3. The summed E-state index contributed by atoms with van der Waals surface area (Å²) in [6.07, 6.45) is 5.17. The Morgan fingerprint density at radius 1 is 0.896 bits per heavy atom. The molecule has 2 fully saturated rings. The van der Waals surface area contributed by atoms with Crippen molar-refractivity contribution in [3.8, 4) is 22.3 Å². The first kappa shape index (κ1) is 34.9. The SMILES string of the molecule is COC(=O)NC1(C)CCC(CC(=O)Nc2cc(-c3ccccc3)c(-c3ccc(C4(NC(=O)OC(C)(C)C)CC(C)(O)C4)cc3)cn2)CC1. The molecule has 2 aliphatic carbocycles. The third kappa shape index (κ3) is 8.52. The molecule has 1 heterocycles. The molecule has 0 saturated heterocycles. The molecule has 3 amide bonds. The number of hydrogen-bond donors (Lipinski definition) is 4. The zero-order chi connectivity index (χ0) is 34.7. The number of rotatable bonds is 8. The maximum Gasteiger partial charge on any atom is 0.408 e. The Bertz CT molecular complexity index is 1620. The molecule has 2 aromatic carbocycles. The summed E-state index contributed by atoms with van der Waals surface area (Å²) in [5.74, 6) is 0.605. The van der Waals surface area contributed by atoms with E-state index in [0.717, 1.165) is 53.5 Å². The molecule has 0 radical (unpaired) electrons. The van der Waals surface area contributed by atoms with Gasteiger partial charge in [-0.1, -0.05) is 54.6 Å². The smallest absolute Gasteiger partial charge is 0.408 e. The number of anilines is 1. The number of carbonyl (C=O) groups excluding carboxylic acids is 3. The first-order chi connectivity index (χ1) is 22.6. The summed E-state index contributed by atoms with van der Waals surface area (Å²) in [6, 6.07) is 19.8. The molecule has 0 bridgehead atoms. The molecule has 10 heteroatoms. The van der Waals surface area contributed by atoms with Crippen LogP contribution in [0.5, 0.6) is 0 Å². The third-order valence-electron chi connectivity index (χ3n) is 9.38. The quantitative estimate of drug-likeness (QED) is 0.199. The molecule has 0 spiro atoms. The lowest BCUT2D eigenvalue weighted by molar-refractivity contribution is -0.117. The van der Waals surface area contributed by atoms with Crippen molar-refractivity contribution in [3.05, 3.63) is 72.4 Å². The monoisotopic (exact) mass is 656 g/mol. The first-order valence-corrected chi connectivity index (χ1v) is 16.6. The number of aliphatic hydroxyl groups is 1. The molecule has 0 aliphatic heterocycles. The van der Waals surface area contributed by atoms with Gasteiger partial charge < -0.3 is 30.5 Å². The summed E-state index contributed by atoms with van der Waals surface area (Å²) >= 11 is 0. The lowest BCUT2D eigenvalue weighted by atomic mass is 9.62. The Labute approximate surface area is 283 Å². The Morgan fingerprint density at radius 2 is 1.52 bits per heavy atom. The highest BCUT2D eigenvalue weighted by molar-refractivity contribution is 5.92. The molecule has 256 valence electrons. The van der Waals surface area contributed by atoms with Crippen LogP contribution in [0.1, 0.15) is 85.1 Å². The van der Waals surface area contributed by atoms with E-state index in [-0.39, 0.29) is 17.4 Å². The minimum absolute atomic E-state index is 0.0905. The lowest BCUT2D eigenvalue weighted by Gasteiger charge is -2.52. The molecular formula is C38H48N4O6. The number of methoxy groups -OCH3 is 1. The fourth-order valence-corrected chi connectivity index (χ4v) is 7.09. The van der Waals surface area contributed by atoms with E-state index >= 15 is 0 Å². The van der Waals surface area contributed by atoms with Crippen LogP contribution in [0.15, 0.2) is 66.9 Å². The van der Waals surface area contributed by atoms with Gasteiger partial charge in [0.25, 0.3) is 0 Å². The molecule has 48 heavy (non-hydrogen) atoms. The summed E-state index contributed by atoms with van der Waals surface area (Å²) in [7, 11) is 1.36. The summed E-state index contributed by atoms with van der Waals surface area (Å²) in [4.78, 5) is 42.3. The average Bonchev–Trinajstić information content (AvgIpc) is 3.00. The Morgan fingerprint density at radius 3 is 2.10 bits per heavy atom. The number of pyridine rings is 1. The summed E-state index contributed by atoms with van der Waals surface area (Å²) in [6.45, 7) is 9.24. The topological polar surface area (TPSA) is 139 Å². The van der Waals surface area contributed by atoms with Gasteiger partial charge in [0.1, 0.15) is 11.4 Å². The predicted molar refractivity (Wildman–Crippen MR) is 185 cm³/mol. The van der Waals surface area contributed by atoms with Gasteiger partial charge in [-0.15, -0.1) is 0 Å². The molecule has 2 aliphatic rings. The minimum Gasteiger partial charge on any atom is -0.453 e. The standard InChI is InChI=1S/C38H48N4O6/c1-35(2,3)48-34(45)42-38(23-37(5,46)24-38)28-14-12-27(13-15-28)30-22-39-31(21-29(30)26-10-8-7-9-11-26)40-32(43)20-25-16-18-36(4,19-17-25)41-33(44)47-6/h7-15,21-22,25,46H,16-20,23-24H2,1-6H3,(H,41,44)(H,42,45)(H,39,40,43). The van der Waals surface area contributed by atoms with Gasteiger partial charge in [-0.05, 0) is 94.5 Å². The zero-order valence-electron chi connectivity index (χ0n) is 28.8. The normalized spacial score (nSPS) is 25.3. The van der Waals surface area contributed by atoms with Crippen molar-refractivity contribution in [1.29, 1.82) is 0 Å². The van der Waals surface area contributed by atoms with Crippen molar-refractivity contribution >= 4 is 23.9 Å². The van der Waals surface area contributed by atoms with Crippen molar-refractivity contribution in [2.75, 3.05) is 12.4 Å². The number of nitrogens with zero attached hydrogens (tertiary/aromatic N) is 1. The number of ether oxygens (including phenoxy) is 2. The van der Waals surface area contributed by atoms with Crippen LogP contribution in [0.2, 0.25) is 0 Å². The van der Waals surface area contributed by atoms with Crippen LogP contribution >= 0.6 is 0 Å². The average molecular weight is 657 g/mol. The molecule has 2 saturated carbocycles. The molecular weight excluding hydrogens is 608 g/mol. The van der Waals surface area contributed by atoms with Crippen LogP contribution in [0.4, 0.5) is 15.4 Å². The van der Waals surface area contributed by atoms with E-state index in [1.165, 1.54) is 7.11 Å². The third-order valence-corrected chi connectivity index (χ3v) is 9.38. The number of hydrogen-bond acceptors (Lipinski definition) is 7. The molecule has 10 nitrogen and oxygen atoms in total. The van der Waals surface area contributed by atoms with E-state index in [1.807, 2.05) is 88.4 Å². The van der Waals surface area contributed by atoms with Gasteiger partial charge in [0.2, 0.25) is 5.91 Å². The molecule has 0 unspecified atom stereocenters. The Hall–Kier alpha value is -4.44.